The number of nitrogens with zero attached hydrogens (tertiary/aromatic N) is 3. The lowest BCUT2D eigenvalue weighted by Crippen LogP contribution is -2.45. The second-order valence-electron chi connectivity index (χ2n) is 5.94. The van der Waals surface area contributed by atoms with E-state index in [1.165, 1.54) is 15.9 Å². The summed E-state index contributed by atoms with van der Waals surface area (Å²) in [5, 5.41) is 0. The van der Waals surface area contributed by atoms with Crippen LogP contribution in [0.5, 0.6) is 0 Å². The third kappa shape index (κ3) is 3.68. The summed E-state index contributed by atoms with van der Waals surface area (Å²) >= 11 is 3.35. The predicted molar refractivity (Wildman–Crippen MR) is 88.2 cm³/mol. The molecule has 0 radical (unpaired) electrons. The molecule has 8 heteroatoms. The fourth-order valence-corrected chi connectivity index (χ4v) is 3.48. The van der Waals surface area contributed by atoms with E-state index < -0.39 is 12.1 Å². The number of hydrogen-bond acceptors (Lipinski definition) is 4. The normalized spacial score (nSPS) is 27.3. The topological polar surface area (TPSA) is 70.2 Å². The van der Waals surface area contributed by atoms with Gasteiger partial charge in [0.2, 0.25) is 11.8 Å². The Bertz CT molecular complexity index is 511. The highest BCUT2D eigenvalue weighted by molar-refractivity contribution is 9.10. The quantitative estimate of drug-likeness (QED) is 0.529. The van der Waals surface area contributed by atoms with Crippen LogP contribution in [0, 0.1) is 0 Å². The van der Waals surface area contributed by atoms with Crippen molar-refractivity contribution in [1.29, 1.82) is 0 Å². The van der Waals surface area contributed by atoms with Crippen LogP contribution in [0.2, 0.25) is 0 Å². The fraction of sp³-hybridized carbons (Fsp3) is 0.667. The summed E-state index contributed by atoms with van der Waals surface area (Å²) in [6.45, 7) is 4.55. The number of ether oxygens (including phenoxy) is 1. The molecule has 23 heavy (non-hydrogen) atoms. The van der Waals surface area contributed by atoms with E-state index in [2.05, 4.69) is 22.5 Å². The van der Waals surface area contributed by atoms with Crippen molar-refractivity contribution in [2.75, 3.05) is 33.8 Å². The molecule has 0 aromatic heterocycles. The highest BCUT2D eigenvalue weighted by atomic mass is 79.9. The van der Waals surface area contributed by atoms with E-state index in [1.807, 2.05) is 0 Å². The highest BCUT2D eigenvalue weighted by Gasteiger charge is 2.46. The van der Waals surface area contributed by atoms with Gasteiger partial charge in [0.15, 0.2) is 0 Å². The molecule has 2 rings (SSSR count). The summed E-state index contributed by atoms with van der Waals surface area (Å²) in [5.74, 6) is -0.141. The first kappa shape index (κ1) is 17.8. The second-order valence-corrected chi connectivity index (χ2v) is 7.05. The molecule has 3 amide bonds. The van der Waals surface area contributed by atoms with Crippen molar-refractivity contribution >= 4 is 33.8 Å². The van der Waals surface area contributed by atoms with Gasteiger partial charge in [0.25, 0.3) is 0 Å². The van der Waals surface area contributed by atoms with Crippen molar-refractivity contribution < 1.29 is 19.1 Å². The maximum Gasteiger partial charge on any atom is 0.410 e. The van der Waals surface area contributed by atoms with Crippen molar-refractivity contribution in [1.82, 2.24) is 14.7 Å². The molecule has 128 valence electrons. The molecule has 0 aromatic carbocycles. The first-order valence-corrected chi connectivity index (χ1v) is 8.48. The first-order chi connectivity index (χ1) is 10.9. The van der Waals surface area contributed by atoms with Crippen molar-refractivity contribution in [2.45, 2.75) is 29.8 Å². The molecular weight excluding hydrogens is 366 g/mol. The van der Waals surface area contributed by atoms with Gasteiger partial charge in [0, 0.05) is 27.2 Å². The number of carbonyl (C=O) groups is 3. The van der Waals surface area contributed by atoms with Crippen molar-refractivity contribution in [3.8, 4) is 0 Å². The number of amides is 3. The lowest BCUT2D eigenvalue weighted by molar-refractivity contribution is -0.133. The Hall–Kier alpha value is -1.57. The van der Waals surface area contributed by atoms with Crippen LogP contribution in [-0.2, 0) is 14.3 Å². The number of hydrogen-bond donors (Lipinski definition) is 0. The zero-order chi connectivity index (χ0) is 17.1. The van der Waals surface area contributed by atoms with E-state index >= 15 is 0 Å². The van der Waals surface area contributed by atoms with Crippen molar-refractivity contribution in [3.05, 3.63) is 12.7 Å². The Kier molecular flexibility index (Phi) is 5.67. The van der Waals surface area contributed by atoms with Crippen LogP contribution < -0.4 is 0 Å². The summed E-state index contributed by atoms with van der Waals surface area (Å²) in [7, 11) is 3.30. The Labute approximate surface area is 144 Å². The van der Waals surface area contributed by atoms with E-state index in [4.69, 9.17) is 4.74 Å². The fourth-order valence-electron chi connectivity index (χ4n) is 3.02. The molecule has 0 bridgehead atoms. The van der Waals surface area contributed by atoms with Gasteiger partial charge < -0.3 is 14.5 Å². The standard InChI is InChI=1S/C15H22BrN3O4/c1-4-7-23-15(22)19-9-10(8-12(19)14(21)17(2)3)18-6-5-11(16)13(18)20/h4,10-12H,1,5-9H2,2-3H3. The van der Waals surface area contributed by atoms with Gasteiger partial charge in [-0.3, -0.25) is 14.5 Å². The molecule has 2 fully saturated rings. The number of carbonyl (C=O) groups excluding carboxylic acids is 3. The summed E-state index contributed by atoms with van der Waals surface area (Å²) in [6, 6.07) is -0.760. The minimum atomic E-state index is -0.602. The molecule has 2 aliphatic heterocycles. The van der Waals surface area contributed by atoms with Crippen LogP contribution in [-0.4, -0.2) is 83.3 Å². The van der Waals surface area contributed by atoms with Crippen molar-refractivity contribution in [2.24, 2.45) is 0 Å². The van der Waals surface area contributed by atoms with Crippen LogP contribution >= 0.6 is 15.9 Å². The lowest BCUT2D eigenvalue weighted by Gasteiger charge is -2.25. The van der Waals surface area contributed by atoms with E-state index in [0.29, 0.717) is 19.5 Å². The van der Waals surface area contributed by atoms with Gasteiger partial charge in [-0.25, -0.2) is 4.79 Å². The smallest absolute Gasteiger partial charge is 0.410 e. The minimum absolute atomic E-state index is 0.0207. The van der Waals surface area contributed by atoms with E-state index in [-0.39, 0.29) is 29.3 Å². The van der Waals surface area contributed by atoms with E-state index in [0.717, 1.165) is 6.42 Å². The van der Waals surface area contributed by atoms with E-state index in [1.54, 1.807) is 19.0 Å². The zero-order valence-corrected chi connectivity index (χ0v) is 15.0. The molecule has 2 heterocycles. The molecule has 7 nitrogen and oxygen atoms in total. The van der Waals surface area contributed by atoms with Gasteiger partial charge in [-0.05, 0) is 12.8 Å². The number of likely N-dealkylation sites (tertiary alicyclic amines) is 2. The van der Waals surface area contributed by atoms with Gasteiger partial charge in [0.1, 0.15) is 12.6 Å². The molecule has 0 aromatic rings. The third-order valence-electron chi connectivity index (χ3n) is 4.18. The molecule has 0 spiro atoms. The van der Waals surface area contributed by atoms with Crippen LogP contribution in [0.15, 0.2) is 12.7 Å². The monoisotopic (exact) mass is 387 g/mol. The number of halogens is 1. The Morgan fingerprint density at radius 1 is 1.48 bits per heavy atom. The van der Waals surface area contributed by atoms with E-state index in [9.17, 15) is 14.4 Å². The Morgan fingerprint density at radius 2 is 2.17 bits per heavy atom. The SMILES string of the molecule is C=CCOC(=O)N1CC(N2CCC(Br)C2=O)CC1C(=O)N(C)C. The zero-order valence-electron chi connectivity index (χ0n) is 13.4. The average molecular weight is 388 g/mol. The minimum Gasteiger partial charge on any atom is -0.445 e. The summed E-state index contributed by atoms with van der Waals surface area (Å²) in [4.78, 5) is 41.3. The summed E-state index contributed by atoms with van der Waals surface area (Å²) < 4.78 is 5.08. The maximum absolute atomic E-state index is 12.4. The number of rotatable bonds is 4. The Morgan fingerprint density at radius 3 is 2.70 bits per heavy atom. The molecule has 3 unspecified atom stereocenters. The number of likely N-dealkylation sites (N-methyl/N-ethyl adjacent to an activating group) is 1. The molecular formula is C15H22BrN3O4. The second kappa shape index (κ2) is 7.33. The molecule has 0 aliphatic carbocycles. The lowest BCUT2D eigenvalue weighted by atomic mass is 10.1. The van der Waals surface area contributed by atoms with Gasteiger partial charge >= 0.3 is 6.09 Å². The molecule has 2 aliphatic rings. The highest BCUT2D eigenvalue weighted by Crippen LogP contribution is 2.29. The van der Waals surface area contributed by atoms with Gasteiger partial charge in [-0.1, -0.05) is 28.6 Å². The van der Waals surface area contributed by atoms with Gasteiger partial charge in [-0.15, -0.1) is 0 Å². The first-order valence-electron chi connectivity index (χ1n) is 7.56. The summed E-state index contributed by atoms with van der Waals surface area (Å²) in [6.07, 6.45) is 2.11. The summed E-state index contributed by atoms with van der Waals surface area (Å²) in [5.41, 5.74) is 0. The Balaban J connectivity index is 2.14. The van der Waals surface area contributed by atoms with Crippen LogP contribution in [0.1, 0.15) is 12.8 Å². The maximum atomic E-state index is 12.4. The molecule has 0 N–H and O–H groups in total. The average Bonchev–Trinajstić information content (AvgIpc) is 3.09. The number of alkyl halides is 1. The molecule has 3 atom stereocenters. The largest absolute Gasteiger partial charge is 0.445 e. The van der Waals surface area contributed by atoms with Crippen LogP contribution in [0.25, 0.3) is 0 Å². The predicted octanol–water partition coefficient (Wildman–Crippen LogP) is 0.836. The third-order valence-corrected chi connectivity index (χ3v) is 5.03. The van der Waals surface area contributed by atoms with Crippen LogP contribution in [0.3, 0.4) is 0 Å². The van der Waals surface area contributed by atoms with Gasteiger partial charge in [0.05, 0.1) is 10.9 Å². The molecule has 2 saturated heterocycles. The van der Waals surface area contributed by atoms with Crippen LogP contribution in [0.4, 0.5) is 4.79 Å². The van der Waals surface area contributed by atoms with Crippen molar-refractivity contribution in [3.63, 3.8) is 0 Å². The molecule has 0 saturated carbocycles. The van der Waals surface area contributed by atoms with Gasteiger partial charge in [-0.2, -0.15) is 0 Å².